The molecule has 0 fully saturated rings. The summed E-state index contributed by atoms with van der Waals surface area (Å²) in [5, 5.41) is 2.27. The maximum absolute atomic E-state index is 13.3. The van der Waals surface area contributed by atoms with Gasteiger partial charge in [-0.15, -0.1) is 0 Å². The average molecular weight is 382 g/mol. The molecule has 1 unspecified atom stereocenters. The number of rotatable bonds is 2. The highest BCUT2D eigenvalue weighted by molar-refractivity contribution is 6.22. The van der Waals surface area contributed by atoms with Crippen LogP contribution in [0, 0.1) is 0 Å². The summed E-state index contributed by atoms with van der Waals surface area (Å²) in [7, 11) is 0. The lowest BCUT2D eigenvalue weighted by atomic mass is 9.84. The summed E-state index contributed by atoms with van der Waals surface area (Å²) in [6.45, 7) is 1.07. The molecule has 0 aromatic heterocycles. The van der Waals surface area contributed by atoms with E-state index in [1.54, 1.807) is 12.1 Å². The van der Waals surface area contributed by atoms with Gasteiger partial charge in [-0.2, -0.15) is 0 Å². The Morgan fingerprint density at radius 3 is 2.41 bits per heavy atom. The SMILES string of the molecule is O=C1NC(=O)c2cc(C(=O)N3Cc4ccccc4C(c4ccccc4)C3)ccc21. The summed E-state index contributed by atoms with van der Waals surface area (Å²) in [5.41, 5.74) is 4.52. The van der Waals surface area contributed by atoms with Gasteiger partial charge in [-0.05, 0) is 34.9 Å². The van der Waals surface area contributed by atoms with Crippen LogP contribution >= 0.6 is 0 Å². The first-order chi connectivity index (χ1) is 14.1. The van der Waals surface area contributed by atoms with Crippen LogP contribution in [0.3, 0.4) is 0 Å². The molecular formula is C24H18N2O3. The van der Waals surface area contributed by atoms with Crippen LogP contribution in [-0.2, 0) is 6.54 Å². The van der Waals surface area contributed by atoms with Gasteiger partial charge in [0.1, 0.15) is 0 Å². The molecule has 0 radical (unpaired) electrons. The second-order valence-electron chi connectivity index (χ2n) is 7.39. The highest BCUT2D eigenvalue weighted by Gasteiger charge is 2.32. The molecular weight excluding hydrogens is 364 g/mol. The van der Waals surface area contributed by atoms with Crippen molar-refractivity contribution in [1.82, 2.24) is 10.2 Å². The van der Waals surface area contributed by atoms with Crippen LogP contribution in [0.15, 0.2) is 72.8 Å². The van der Waals surface area contributed by atoms with Gasteiger partial charge in [0.25, 0.3) is 17.7 Å². The Labute approximate surface area is 168 Å². The van der Waals surface area contributed by atoms with E-state index in [1.807, 2.05) is 35.2 Å². The van der Waals surface area contributed by atoms with Crippen LogP contribution in [0.25, 0.3) is 0 Å². The zero-order chi connectivity index (χ0) is 20.0. The van der Waals surface area contributed by atoms with E-state index in [0.29, 0.717) is 24.2 Å². The maximum Gasteiger partial charge on any atom is 0.258 e. The van der Waals surface area contributed by atoms with Gasteiger partial charge in [-0.1, -0.05) is 54.6 Å². The fourth-order valence-electron chi connectivity index (χ4n) is 4.22. The molecule has 5 heteroatoms. The Kier molecular flexibility index (Phi) is 4.02. The minimum absolute atomic E-state index is 0.0874. The second kappa shape index (κ2) is 6.71. The third-order valence-electron chi connectivity index (χ3n) is 5.67. The molecule has 5 nitrogen and oxygen atoms in total. The minimum atomic E-state index is -0.453. The highest BCUT2D eigenvalue weighted by Crippen LogP contribution is 2.34. The summed E-state index contributed by atoms with van der Waals surface area (Å²) in [6, 6.07) is 23.1. The van der Waals surface area contributed by atoms with E-state index in [9.17, 15) is 14.4 Å². The molecule has 3 aromatic rings. The summed E-state index contributed by atoms with van der Waals surface area (Å²) in [5.74, 6) is -0.925. The molecule has 2 aliphatic rings. The number of carbonyl (C=O) groups is 3. The van der Waals surface area contributed by atoms with Gasteiger partial charge in [0.2, 0.25) is 0 Å². The van der Waals surface area contributed by atoms with Crippen molar-refractivity contribution < 1.29 is 14.4 Å². The zero-order valence-corrected chi connectivity index (χ0v) is 15.6. The number of fused-ring (bicyclic) bond motifs is 2. The van der Waals surface area contributed by atoms with E-state index in [2.05, 4.69) is 29.6 Å². The van der Waals surface area contributed by atoms with Gasteiger partial charge in [0.15, 0.2) is 0 Å². The Morgan fingerprint density at radius 1 is 0.862 bits per heavy atom. The Balaban J connectivity index is 1.51. The van der Waals surface area contributed by atoms with Crippen molar-refractivity contribution in [2.24, 2.45) is 0 Å². The van der Waals surface area contributed by atoms with Gasteiger partial charge in [0.05, 0.1) is 11.1 Å². The lowest BCUT2D eigenvalue weighted by molar-refractivity contribution is 0.0724. The van der Waals surface area contributed by atoms with Crippen molar-refractivity contribution in [1.29, 1.82) is 0 Å². The lowest BCUT2D eigenvalue weighted by Crippen LogP contribution is -2.38. The van der Waals surface area contributed by atoms with Gasteiger partial charge in [-0.25, -0.2) is 0 Å². The van der Waals surface area contributed by atoms with Gasteiger partial charge in [-0.3, -0.25) is 19.7 Å². The molecule has 1 N–H and O–H groups in total. The predicted octanol–water partition coefficient (Wildman–Crippen LogP) is 3.36. The van der Waals surface area contributed by atoms with Crippen molar-refractivity contribution in [2.45, 2.75) is 12.5 Å². The van der Waals surface area contributed by atoms with E-state index in [0.717, 1.165) is 11.1 Å². The number of imide groups is 1. The molecule has 0 bridgehead atoms. The molecule has 29 heavy (non-hydrogen) atoms. The summed E-state index contributed by atoms with van der Waals surface area (Å²) < 4.78 is 0. The van der Waals surface area contributed by atoms with Crippen LogP contribution in [0.4, 0.5) is 0 Å². The normalized spacial score (nSPS) is 17.5. The predicted molar refractivity (Wildman–Crippen MR) is 108 cm³/mol. The van der Waals surface area contributed by atoms with E-state index >= 15 is 0 Å². The van der Waals surface area contributed by atoms with Gasteiger partial charge in [0, 0.05) is 24.6 Å². The lowest BCUT2D eigenvalue weighted by Gasteiger charge is -2.35. The Morgan fingerprint density at radius 2 is 1.59 bits per heavy atom. The smallest absolute Gasteiger partial charge is 0.258 e. The molecule has 3 amide bonds. The molecule has 1 atom stereocenters. The van der Waals surface area contributed by atoms with E-state index in [4.69, 9.17) is 0 Å². The molecule has 0 spiro atoms. The summed E-state index contributed by atoms with van der Waals surface area (Å²) >= 11 is 0. The summed E-state index contributed by atoms with van der Waals surface area (Å²) in [6.07, 6.45) is 0. The number of hydrogen-bond donors (Lipinski definition) is 1. The molecule has 2 aliphatic heterocycles. The number of amides is 3. The van der Waals surface area contributed by atoms with Gasteiger partial charge < -0.3 is 4.90 Å². The molecule has 0 saturated carbocycles. The van der Waals surface area contributed by atoms with E-state index < -0.39 is 11.8 Å². The minimum Gasteiger partial charge on any atom is -0.333 e. The molecule has 3 aromatic carbocycles. The van der Waals surface area contributed by atoms with Crippen molar-refractivity contribution in [3.63, 3.8) is 0 Å². The standard InChI is InChI=1S/C24H18N2O3/c27-22-19-11-10-16(12-20(19)23(28)25-22)24(29)26-13-17-8-4-5-9-18(17)21(14-26)15-6-2-1-3-7-15/h1-12,21H,13-14H2,(H,25,27,28). The molecule has 0 saturated heterocycles. The second-order valence-corrected chi connectivity index (χ2v) is 7.39. The van der Waals surface area contributed by atoms with Crippen LogP contribution < -0.4 is 5.32 Å². The number of nitrogens with one attached hydrogen (secondary N) is 1. The third-order valence-corrected chi connectivity index (χ3v) is 5.67. The maximum atomic E-state index is 13.3. The van der Waals surface area contributed by atoms with Crippen LogP contribution in [0.5, 0.6) is 0 Å². The largest absolute Gasteiger partial charge is 0.333 e. The van der Waals surface area contributed by atoms with Gasteiger partial charge >= 0.3 is 0 Å². The highest BCUT2D eigenvalue weighted by atomic mass is 16.2. The van der Waals surface area contributed by atoms with E-state index in [1.165, 1.54) is 11.6 Å². The molecule has 0 aliphatic carbocycles. The Hall–Kier alpha value is -3.73. The number of nitrogens with zero attached hydrogens (tertiary/aromatic N) is 1. The van der Waals surface area contributed by atoms with Crippen LogP contribution in [-0.4, -0.2) is 29.2 Å². The first-order valence-corrected chi connectivity index (χ1v) is 9.53. The average Bonchev–Trinajstić information content (AvgIpc) is 3.06. The van der Waals surface area contributed by atoms with Crippen molar-refractivity contribution in [3.05, 3.63) is 106 Å². The third kappa shape index (κ3) is 2.91. The quantitative estimate of drug-likeness (QED) is 0.691. The number of carbonyl (C=O) groups excluding carboxylic acids is 3. The van der Waals surface area contributed by atoms with E-state index in [-0.39, 0.29) is 17.4 Å². The van der Waals surface area contributed by atoms with Crippen molar-refractivity contribution in [3.8, 4) is 0 Å². The monoisotopic (exact) mass is 382 g/mol. The van der Waals surface area contributed by atoms with Crippen molar-refractivity contribution in [2.75, 3.05) is 6.54 Å². The first kappa shape index (κ1) is 17.4. The Bertz CT molecular complexity index is 1150. The molecule has 142 valence electrons. The first-order valence-electron chi connectivity index (χ1n) is 9.53. The fourth-order valence-corrected chi connectivity index (χ4v) is 4.22. The van der Waals surface area contributed by atoms with Crippen LogP contribution in [0.1, 0.15) is 53.7 Å². The molecule has 2 heterocycles. The van der Waals surface area contributed by atoms with Crippen LogP contribution in [0.2, 0.25) is 0 Å². The van der Waals surface area contributed by atoms with Crippen molar-refractivity contribution >= 4 is 17.7 Å². The zero-order valence-electron chi connectivity index (χ0n) is 15.6. The topological polar surface area (TPSA) is 66.5 Å². The number of hydrogen-bond acceptors (Lipinski definition) is 3. The number of benzene rings is 3. The molecule has 5 rings (SSSR count). The fraction of sp³-hybridized carbons (Fsp3) is 0.125. The summed E-state index contributed by atoms with van der Waals surface area (Å²) in [4.78, 5) is 38.8.